The smallest absolute Gasteiger partial charge is 0.0346 e. The Hall–Kier alpha value is -0.390. The molecule has 0 spiro atoms. The molecule has 0 aromatic heterocycles. The second-order valence-corrected chi connectivity index (χ2v) is 6.72. The topological polar surface area (TPSA) is 26.0 Å². The van der Waals surface area contributed by atoms with Gasteiger partial charge in [0.25, 0.3) is 0 Å². The van der Waals surface area contributed by atoms with Crippen LogP contribution < -0.4 is 5.73 Å². The van der Waals surface area contributed by atoms with Crippen LogP contribution in [0.2, 0.25) is 0 Å². The Morgan fingerprint density at radius 1 is 1.11 bits per heavy atom. The summed E-state index contributed by atoms with van der Waals surface area (Å²) in [6.07, 6.45) is 1.95. The molecule has 100 valence electrons. The highest BCUT2D eigenvalue weighted by Crippen LogP contribution is 2.25. The molecule has 0 amide bonds. The molecule has 0 aliphatic carbocycles. The van der Waals surface area contributed by atoms with E-state index >= 15 is 0 Å². The predicted molar refractivity (Wildman–Crippen MR) is 93.3 cm³/mol. The van der Waals surface area contributed by atoms with Crippen LogP contribution in [0.1, 0.15) is 29.7 Å². The first kappa shape index (κ1) is 15.0. The maximum absolute atomic E-state index is 6.34. The zero-order valence-electron chi connectivity index (χ0n) is 10.9. The van der Waals surface area contributed by atoms with Gasteiger partial charge < -0.3 is 5.73 Å². The van der Waals surface area contributed by atoms with Crippen LogP contribution in [0.5, 0.6) is 0 Å². The van der Waals surface area contributed by atoms with Crippen molar-refractivity contribution in [1.29, 1.82) is 0 Å². The lowest BCUT2D eigenvalue weighted by Gasteiger charge is -2.15. The van der Waals surface area contributed by atoms with Crippen molar-refractivity contribution in [3.8, 4) is 0 Å². The summed E-state index contributed by atoms with van der Waals surface area (Å²) in [4.78, 5) is 0. The molecule has 0 fully saturated rings. The van der Waals surface area contributed by atoms with Crippen LogP contribution in [0.15, 0.2) is 46.9 Å². The minimum Gasteiger partial charge on any atom is -0.324 e. The van der Waals surface area contributed by atoms with E-state index in [1.54, 1.807) is 0 Å². The van der Waals surface area contributed by atoms with E-state index in [0.29, 0.717) is 0 Å². The summed E-state index contributed by atoms with van der Waals surface area (Å²) in [7, 11) is 0. The molecule has 0 heterocycles. The molecule has 0 radical (unpaired) electrons. The van der Waals surface area contributed by atoms with E-state index in [4.69, 9.17) is 5.73 Å². The van der Waals surface area contributed by atoms with Gasteiger partial charge in [-0.25, -0.2) is 0 Å². The summed E-state index contributed by atoms with van der Waals surface area (Å²) in [5.41, 5.74) is 10.2. The van der Waals surface area contributed by atoms with Crippen molar-refractivity contribution in [2.24, 2.45) is 5.73 Å². The molecule has 0 aliphatic heterocycles. The van der Waals surface area contributed by atoms with Crippen LogP contribution in [0, 0.1) is 3.57 Å². The molecular weight excluding hydrogens is 413 g/mol. The van der Waals surface area contributed by atoms with Crippen LogP contribution in [-0.2, 0) is 12.8 Å². The number of rotatable bonds is 4. The van der Waals surface area contributed by atoms with Gasteiger partial charge >= 0.3 is 0 Å². The van der Waals surface area contributed by atoms with E-state index < -0.39 is 0 Å². The van der Waals surface area contributed by atoms with E-state index in [2.05, 4.69) is 81.8 Å². The van der Waals surface area contributed by atoms with E-state index in [9.17, 15) is 0 Å². The molecule has 3 heteroatoms. The quantitative estimate of drug-likeness (QED) is 0.690. The van der Waals surface area contributed by atoms with Crippen molar-refractivity contribution in [2.45, 2.75) is 25.8 Å². The van der Waals surface area contributed by atoms with Gasteiger partial charge in [0.05, 0.1) is 0 Å². The average Bonchev–Trinajstić information content (AvgIpc) is 2.42. The highest BCUT2D eigenvalue weighted by atomic mass is 127. The molecule has 0 aliphatic rings. The molecule has 19 heavy (non-hydrogen) atoms. The first-order chi connectivity index (χ1) is 9.10. The first-order valence-corrected chi connectivity index (χ1v) is 8.25. The lowest BCUT2D eigenvalue weighted by atomic mass is 9.99. The Morgan fingerprint density at radius 3 is 2.37 bits per heavy atom. The molecule has 2 aromatic rings. The second-order valence-electron chi connectivity index (χ2n) is 4.65. The van der Waals surface area contributed by atoms with E-state index in [0.717, 1.165) is 17.3 Å². The highest BCUT2D eigenvalue weighted by molar-refractivity contribution is 14.1. The van der Waals surface area contributed by atoms with Gasteiger partial charge in [0.15, 0.2) is 0 Å². The van der Waals surface area contributed by atoms with Gasteiger partial charge in [0.2, 0.25) is 0 Å². The van der Waals surface area contributed by atoms with Crippen LogP contribution in [0.4, 0.5) is 0 Å². The van der Waals surface area contributed by atoms with Gasteiger partial charge in [-0.3, -0.25) is 0 Å². The van der Waals surface area contributed by atoms with Gasteiger partial charge in [-0.05, 0) is 70.3 Å². The third-order valence-electron chi connectivity index (χ3n) is 3.24. The van der Waals surface area contributed by atoms with Crippen molar-refractivity contribution in [1.82, 2.24) is 0 Å². The largest absolute Gasteiger partial charge is 0.324 e. The zero-order chi connectivity index (χ0) is 13.8. The summed E-state index contributed by atoms with van der Waals surface area (Å²) in [5, 5.41) is 0. The maximum atomic E-state index is 6.34. The molecule has 2 aromatic carbocycles. The number of hydrogen-bond acceptors (Lipinski definition) is 1. The summed E-state index contributed by atoms with van der Waals surface area (Å²) >= 11 is 5.86. The predicted octanol–water partition coefficient (Wildman–Crippen LogP) is 4.86. The van der Waals surface area contributed by atoms with Crippen molar-refractivity contribution in [2.75, 3.05) is 0 Å². The number of nitrogens with two attached hydrogens (primary N) is 1. The maximum Gasteiger partial charge on any atom is 0.0346 e. The van der Waals surface area contributed by atoms with E-state index in [1.165, 1.54) is 20.3 Å². The Labute approximate surface area is 136 Å². The minimum atomic E-state index is 0.0388. The van der Waals surface area contributed by atoms with Gasteiger partial charge in [0, 0.05) is 14.1 Å². The molecule has 1 nitrogen and oxygen atoms in total. The Balaban J connectivity index is 2.15. The number of aryl methyl sites for hydroxylation is 1. The van der Waals surface area contributed by atoms with Crippen molar-refractivity contribution in [3.63, 3.8) is 0 Å². The Bertz CT molecular complexity index is 551. The van der Waals surface area contributed by atoms with Crippen LogP contribution >= 0.6 is 38.5 Å². The van der Waals surface area contributed by atoms with Gasteiger partial charge in [-0.15, -0.1) is 0 Å². The van der Waals surface area contributed by atoms with E-state index in [-0.39, 0.29) is 6.04 Å². The summed E-state index contributed by atoms with van der Waals surface area (Å²) in [6.45, 7) is 2.17. The SMILES string of the molecule is CCc1ccc(CC(N)c2cc(Br)ccc2I)cc1. The number of hydrogen-bond donors (Lipinski definition) is 1. The van der Waals surface area contributed by atoms with Crippen LogP contribution in [0.3, 0.4) is 0 Å². The number of halogens is 2. The zero-order valence-corrected chi connectivity index (χ0v) is 14.6. The third-order valence-corrected chi connectivity index (χ3v) is 4.72. The molecule has 0 bridgehead atoms. The fourth-order valence-corrected chi connectivity index (χ4v) is 3.19. The van der Waals surface area contributed by atoms with Gasteiger partial charge in [0.1, 0.15) is 0 Å². The molecule has 1 atom stereocenters. The normalized spacial score (nSPS) is 12.4. The van der Waals surface area contributed by atoms with Crippen molar-refractivity contribution in [3.05, 3.63) is 67.2 Å². The van der Waals surface area contributed by atoms with Gasteiger partial charge in [-0.2, -0.15) is 0 Å². The lowest BCUT2D eigenvalue weighted by Crippen LogP contribution is -2.14. The number of benzene rings is 2. The Kier molecular flexibility index (Phi) is 5.42. The molecular formula is C16H17BrIN. The molecule has 2 rings (SSSR count). The fraction of sp³-hybridized carbons (Fsp3) is 0.250. The lowest BCUT2D eigenvalue weighted by molar-refractivity contribution is 0.717. The second kappa shape index (κ2) is 6.86. The summed E-state index contributed by atoms with van der Waals surface area (Å²) in [5.74, 6) is 0. The highest BCUT2D eigenvalue weighted by Gasteiger charge is 2.11. The summed E-state index contributed by atoms with van der Waals surface area (Å²) in [6, 6.07) is 15.0. The molecule has 2 N–H and O–H groups in total. The monoisotopic (exact) mass is 429 g/mol. The molecule has 1 unspecified atom stereocenters. The average molecular weight is 430 g/mol. The minimum absolute atomic E-state index is 0.0388. The third kappa shape index (κ3) is 4.04. The standard InChI is InChI=1S/C16H17BrIN/c1-2-11-3-5-12(6-4-11)9-16(19)14-10-13(17)7-8-15(14)18/h3-8,10,16H,2,9,19H2,1H3. The molecule has 0 saturated heterocycles. The Morgan fingerprint density at radius 2 is 1.74 bits per heavy atom. The van der Waals surface area contributed by atoms with Gasteiger partial charge in [-0.1, -0.05) is 47.1 Å². The fourth-order valence-electron chi connectivity index (χ4n) is 2.07. The molecule has 0 saturated carbocycles. The van der Waals surface area contributed by atoms with E-state index in [1.807, 2.05) is 6.07 Å². The van der Waals surface area contributed by atoms with Crippen LogP contribution in [-0.4, -0.2) is 0 Å². The first-order valence-electron chi connectivity index (χ1n) is 6.38. The van der Waals surface area contributed by atoms with Crippen molar-refractivity contribution >= 4 is 38.5 Å². The van der Waals surface area contributed by atoms with Crippen LogP contribution in [0.25, 0.3) is 0 Å². The summed E-state index contributed by atoms with van der Waals surface area (Å²) < 4.78 is 2.30. The van der Waals surface area contributed by atoms with Crippen molar-refractivity contribution < 1.29 is 0 Å².